The van der Waals surface area contributed by atoms with Crippen molar-refractivity contribution in [3.63, 3.8) is 0 Å². The van der Waals surface area contributed by atoms with E-state index in [-0.39, 0.29) is 18.0 Å². The van der Waals surface area contributed by atoms with Gasteiger partial charge in [-0.1, -0.05) is 0 Å². The van der Waals surface area contributed by atoms with Gasteiger partial charge in [0.25, 0.3) is 0 Å². The first-order valence-corrected chi connectivity index (χ1v) is 5.88. The molecule has 5 nitrogen and oxygen atoms in total. The van der Waals surface area contributed by atoms with Crippen molar-refractivity contribution in [1.29, 1.82) is 0 Å². The Labute approximate surface area is 112 Å². The predicted molar refractivity (Wildman–Crippen MR) is 64.5 cm³/mol. The first kappa shape index (κ1) is 14.3. The molecule has 1 aromatic rings. The summed E-state index contributed by atoms with van der Waals surface area (Å²) in [4.78, 5) is 11.9. The third-order valence-electron chi connectivity index (χ3n) is 2.97. The summed E-state index contributed by atoms with van der Waals surface area (Å²) in [5.74, 6) is -0.00503. The number of hydrogen-bond acceptors (Lipinski definition) is 3. The highest BCUT2D eigenvalue weighted by Crippen LogP contribution is 2.34. The third kappa shape index (κ3) is 3.25. The van der Waals surface area contributed by atoms with E-state index in [1.54, 1.807) is 0 Å². The molecule has 8 heteroatoms. The number of likely N-dealkylation sites (tertiary alicyclic amines) is 1. The van der Waals surface area contributed by atoms with Gasteiger partial charge >= 0.3 is 12.3 Å². The Balaban J connectivity index is 2.11. The number of alkyl halides is 3. The maximum Gasteiger partial charge on any atom is 0.416 e. The first-order chi connectivity index (χ1) is 9.25. The van der Waals surface area contributed by atoms with Crippen LogP contribution in [0.25, 0.3) is 0 Å². The van der Waals surface area contributed by atoms with Crippen LogP contribution in [0.4, 0.5) is 23.7 Å². The molecule has 0 radical (unpaired) electrons. The van der Waals surface area contributed by atoms with Gasteiger partial charge in [-0.15, -0.1) is 0 Å². The van der Waals surface area contributed by atoms with E-state index < -0.39 is 23.9 Å². The lowest BCUT2D eigenvalue weighted by molar-refractivity contribution is -0.137. The van der Waals surface area contributed by atoms with E-state index >= 15 is 0 Å². The Morgan fingerprint density at radius 3 is 2.65 bits per heavy atom. The summed E-state index contributed by atoms with van der Waals surface area (Å²) in [5, 5.41) is 8.79. The van der Waals surface area contributed by atoms with Gasteiger partial charge in [0, 0.05) is 24.7 Å². The number of amides is 1. The summed E-state index contributed by atoms with van der Waals surface area (Å²) in [6.07, 6.45) is -5.60. The Kier molecular flexibility index (Phi) is 3.65. The van der Waals surface area contributed by atoms with Crippen LogP contribution in [0.2, 0.25) is 0 Å². The molecule has 20 heavy (non-hydrogen) atoms. The number of nitrogens with zero attached hydrogens (tertiary/aromatic N) is 1. The molecule has 0 aliphatic carbocycles. The monoisotopic (exact) mass is 290 g/mol. The molecule has 1 fully saturated rings. The number of halogens is 3. The molecule has 0 saturated carbocycles. The van der Waals surface area contributed by atoms with Crippen LogP contribution < -0.4 is 10.5 Å². The zero-order valence-electron chi connectivity index (χ0n) is 10.4. The van der Waals surface area contributed by atoms with Crippen molar-refractivity contribution in [3.05, 3.63) is 23.8 Å². The quantitative estimate of drug-likeness (QED) is 0.820. The van der Waals surface area contributed by atoms with Crippen LogP contribution in [0.1, 0.15) is 12.0 Å². The second-order valence-corrected chi connectivity index (χ2v) is 4.55. The van der Waals surface area contributed by atoms with Crippen LogP contribution in [0.5, 0.6) is 5.75 Å². The number of ether oxygens (including phenoxy) is 1. The number of benzene rings is 1. The molecule has 1 aromatic carbocycles. The van der Waals surface area contributed by atoms with E-state index in [1.165, 1.54) is 6.07 Å². The minimum absolute atomic E-state index is 0.00503. The van der Waals surface area contributed by atoms with Gasteiger partial charge in [-0.3, -0.25) is 0 Å². The number of rotatable bonds is 2. The highest BCUT2D eigenvalue weighted by Gasteiger charge is 2.32. The lowest BCUT2D eigenvalue weighted by atomic mass is 10.2. The van der Waals surface area contributed by atoms with Gasteiger partial charge in [0.1, 0.15) is 11.9 Å². The summed E-state index contributed by atoms with van der Waals surface area (Å²) in [6.45, 7) is 0.430. The second-order valence-electron chi connectivity index (χ2n) is 4.55. The maximum absolute atomic E-state index is 12.6. The smallest absolute Gasteiger partial charge is 0.416 e. The van der Waals surface area contributed by atoms with Crippen molar-refractivity contribution in [2.24, 2.45) is 0 Å². The molecule has 0 spiro atoms. The normalized spacial score (nSPS) is 19.1. The zero-order chi connectivity index (χ0) is 14.9. The molecule has 1 amide bonds. The van der Waals surface area contributed by atoms with Gasteiger partial charge in [0.05, 0.1) is 12.1 Å². The van der Waals surface area contributed by atoms with Gasteiger partial charge in [-0.25, -0.2) is 4.79 Å². The molecule has 0 aromatic heterocycles. The Morgan fingerprint density at radius 2 is 2.10 bits per heavy atom. The average Bonchev–Trinajstić information content (AvgIpc) is 2.75. The second kappa shape index (κ2) is 5.10. The molecule has 3 N–H and O–H groups in total. The molecular formula is C12H13F3N2O3. The Hall–Kier alpha value is -2.12. The third-order valence-corrected chi connectivity index (χ3v) is 2.97. The van der Waals surface area contributed by atoms with Gasteiger partial charge in [0.15, 0.2) is 0 Å². The van der Waals surface area contributed by atoms with E-state index in [2.05, 4.69) is 0 Å². The van der Waals surface area contributed by atoms with E-state index in [1.807, 2.05) is 0 Å². The maximum atomic E-state index is 12.6. The van der Waals surface area contributed by atoms with Gasteiger partial charge in [-0.05, 0) is 12.1 Å². The molecule has 1 atom stereocenters. The van der Waals surface area contributed by atoms with Crippen LogP contribution in [0.15, 0.2) is 18.2 Å². The molecule has 1 heterocycles. The van der Waals surface area contributed by atoms with Crippen molar-refractivity contribution in [2.45, 2.75) is 18.7 Å². The lowest BCUT2D eigenvalue weighted by Gasteiger charge is -2.16. The van der Waals surface area contributed by atoms with Crippen molar-refractivity contribution >= 4 is 11.8 Å². The fourth-order valence-electron chi connectivity index (χ4n) is 2.04. The van der Waals surface area contributed by atoms with Crippen molar-refractivity contribution in [1.82, 2.24) is 4.90 Å². The fourth-order valence-corrected chi connectivity index (χ4v) is 2.04. The number of nitrogens with two attached hydrogens (primary N) is 1. The topological polar surface area (TPSA) is 75.8 Å². The standard InChI is InChI=1S/C12H13F3N2O3/c13-12(14,15)7-3-8(16)5-10(4-7)20-9-1-2-17(6-9)11(18)19/h3-5,9H,1-2,6,16H2,(H,18,19)/t9-/m0/s1. The largest absolute Gasteiger partial charge is 0.488 e. The van der Waals surface area contributed by atoms with Crippen LogP contribution in [0.3, 0.4) is 0 Å². The van der Waals surface area contributed by atoms with Gasteiger partial charge in [0.2, 0.25) is 0 Å². The van der Waals surface area contributed by atoms with Crippen molar-refractivity contribution in [2.75, 3.05) is 18.8 Å². The SMILES string of the molecule is Nc1cc(O[C@H]2CCN(C(=O)O)C2)cc(C(F)(F)F)c1. The molecule has 110 valence electrons. The summed E-state index contributed by atoms with van der Waals surface area (Å²) >= 11 is 0. The van der Waals surface area contributed by atoms with Crippen LogP contribution in [-0.2, 0) is 6.18 Å². The molecule has 0 unspecified atom stereocenters. The minimum Gasteiger partial charge on any atom is -0.488 e. The predicted octanol–water partition coefficient (Wildman–Crippen LogP) is 2.42. The molecule has 1 aliphatic rings. The summed E-state index contributed by atoms with van der Waals surface area (Å²) < 4.78 is 43.3. The van der Waals surface area contributed by atoms with Crippen LogP contribution >= 0.6 is 0 Å². The fraction of sp³-hybridized carbons (Fsp3) is 0.417. The van der Waals surface area contributed by atoms with Crippen LogP contribution in [0, 0.1) is 0 Å². The summed E-state index contributed by atoms with van der Waals surface area (Å²) in [6, 6.07) is 2.98. The number of hydrogen-bond donors (Lipinski definition) is 2. The van der Waals surface area contributed by atoms with Gasteiger partial charge in [-0.2, -0.15) is 13.2 Å². The number of carbonyl (C=O) groups is 1. The molecule has 2 rings (SSSR count). The first-order valence-electron chi connectivity index (χ1n) is 5.88. The van der Waals surface area contributed by atoms with E-state index in [4.69, 9.17) is 15.6 Å². The highest BCUT2D eigenvalue weighted by atomic mass is 19.4. The molecular weight excluding hydrogens is 277 g/mol. The molecule has 1 aliphatic heterocycles. The highest BCUT2D eigenvalue weighted by molar-refractivity contribution is 5.65. The molecule has 1 saturated heterocycles. The number of anilines is 1. The van der Waals surface area contributed by atoms with Gasteiger partial charge < -0.3 is 20.5 Å². The zero-order valence-corrected chi connectivity index (χ0v) is 10.4. The summed E-state index contributed by atoms with van der Waals surface area (Å²) in [5.41, 5.74) is 4.48. The lowest BCUT2D eigenvalue weighted by Crippen LogP contribution is -2.29. The van der Waals surface area contributed by atoms with Crippen molar-refractivity contribution < 1.29 is 27.8 Å². The van der Waals surface area contributed by atoms with E-state index in [0.29, 0.717) is 13.0 Å². The molecule has 0 bridgehead atoms. The van der Waals surface area contributed by atoms with E-state index in [9.17, 15) is 18.0 Å². The number of nitrogen functional groups attached to an aromatic ring is 1. The van der Waals surface area contributed by atoms with Crippen LogP contribution in [-0.4, -0.2) is 35.3 Å². The van der Waals surface area contributed by atoms with E-state index in [0.717, 1.165) is 17.0 Å². The summed E-state index contributed by atoms with van der Waals surface area (Å²) in [7, 11) is 0. The van der Waals surface area contributed by atoms with Crippen molar-refractivity contribution in [3.8, 4) is 5.75 Å². The Morgan fingerprint density at radius 1 is 1.40 bits per heavy atom. The Bertz CT molecular complexity index is 519. The number of carboxylic acid groups (broad SMARTS) is 1. The minimum atomic E-state index is -4.50. The average molecular weight is 290 g/mol.